The van der Waals surface area contributed by atoms with Crippen LogP contribution in [0.3, 0.4) is 0 Å². The zero-order valence-corrected chi connectivity index (χ0v) is 9.32. The molecule has 0 spiro atoms. The summed E-state index contributed by atoms with van der Waals surface area (Å²) in [5, 5.41) is 0. The lowest BCUT2D eigenvalue weighted by molar-refractivity contribution is -0.143. The van der Waals surface area contributed by atoms with Crippen molar-refractivity contribution in [2.45, 2.75) is 50.7 Å². The molecule has 0 radical (unpaired) electrons. The van der Waals surface area contributed by atoms with Crippen molar-refractivity contribution in [2.75, 3.05) is 13.2 Å². The third-order valence-corrected chi connectivity index (χ3v) is 3.51. The predicted molar refractivity (Wildman–Crippen MR) is 57.4 cm³/mol. The number of nitrogens with two attached hydrogens (primary N) is 1. The van der Waals surface area contributed by atoms with Crippen LogP contribution in [0, 0.1) is 0 Å². The van der Waals surface area contributed by atoms with Crippen LogP contribution >= 0.6 is 0 Å². The molecule has 2 rings (SSSR count). The summed E-state index contributed by atoms with van der Waals surface area (Å²) < 4.78 is 5.03. The molecule has 2 aliphatic heterocycles. The molecule has 0 amide bonds. The first-order valence-electron chi connectivity index (χ1n) is 5.88. The second kappa shape index (κ2) is 4.49. The average Bonchev–Trinajstić information content (AvgIpc) is 2.64. The van der Waals surface area contributed by atoms with Crippen LogP contribution in [0.1, 0.15) is 32.6 Å². The number of rotatable bonds is 2. The number of cyclic esters (lactones) is 1. The Labute approximate surface area is 90.8 Å². The van der Waals surface area contributed by atoms with E-state index in [0.29, 0.717) is 12.6 Å². The highest BCUT2D eigenvalue weighted by atomic mass is 16.5. The Bertz CT molecular complexity index is 243. The molecule has 86 valence electrons. The number of carbonyl (C=O) groups is 1. The smallest absolute Gasteiger partial charge is 0.323 e. The Kier molecular flexibility index (Phi) is 3.26. The third-order valence-electron chi connectivity index (χ3n) is 3.51. The summed E-state index contributed by atoms with van der Waals surface area (Å²) in [6.07, 6.45) is 4.35. The van der Waals surface area contributed by atoms with Gasteiger partial charge in [0.2, 0.25) is 0 Å². The summed E-state index contributed by atoms with van der Waals surface area (Å²) in [7, 11) is 0. The largest absolute Gasteiger partial charge is 0.464 e. The molecule has 0 aromatic carbocycles. The predicted octanol–water partition coefficient (Wildman–Crippen LogP) is 0.504. The zero-order valence-electron chi connectivity index (χ0n) is 9.32. The molecule has 3 unspecified atom stereocenters. The molecule has 4 heteroatoms. The van der Waals surface area contributed by atoms with Gasteiger partial charge >= 0.3 is 5.97 Å². The van der Waals surface area contributed by atoms with Gasteiger partial charge in [-0.2, -0.15) is 0 Å². The lowest BCUT2D eigenvalue weighted by Gasteiger charge is -2.40. The number of carbonyl (C=O) groups excluding carboxylic acids is 1. The lowest BCUT2D eigenvalue weighted by Crippen LogP contribution is -2.54. The van der Waals surface area contributed by atoms with Gasteiger partial charge < -0.3 is 10.5 Å². The molecule has 2 fully saturated rings. The molecule has 2 heterocycles. The van der Waals surface area contributed by atoms with E-state index in [1.54, 1.807) is 0 Å². The van der Waals surface area contributed by atoms with Crippen LogP contribution < -0.4 is 5.73 Å². The lowest BCUT2D eigenvalue weighted by atomic mass is 9.94. The van der Waals surface area contributed by atoms with E-state index in [2.05, 4.69) is 4.90 Å². The van der Waals surface area contributed by atoms with Crippen LogP contribution in [0.2, 0.25) is 0 Å². The number of nitrogens with zero attached hydrogens (tertiary/aromatic N) is 1. The van der Waals surface area contributed by atoms with E-state index in [0.717, 1.165) is 19.4 Å². The van der Waals surface area contributed by atoms with Gasteiger partial charge in [-0.25, -0.2) is 0 Å². The van der Waals surface area contributed by atoms with Crippen LogP contribution in [-0.4, -0.2) is 42.1 Å². The molecule has 0 saturated carbocycles. The van der Waals surface area contributed by atoms with Gasteiger partial charge in [-0.3, -0.25) is 9.69 Å². The maximum absolute atomic E-state index is 11.5. The van der Waals surface area contributed by atoms with Crippen molar-refractivity contribution in [3.8, 4) is 0 Å². The normalized spacial score (nSPS) is 35.2. The summed E-state index contributed by atoms with van der Waals surface area (Å²) in [4.78, 5) is 13.8. The summed E-state index contributed by atoms with van der Waals surface area (Å²) in [5.74, 6) is -0.0532. The minimum absolute atomic E-state index is 0.0266. The second-order valence-electron chi connectivity index (χ2n) is 4.63. The molecule has 0 bridgehead atoms. The van der Waals surface area contributed by atoms with E-state index in [-0.39, 0.29) is 18.1 Å². The quantitative estimate of drug-likeness (QED) is 0.677. The Morgan fingerprint density at radius 2 is 2.27 bits per heavy atom. The minimum Gasteiger partial charge on any atom is -0.464 e. The highest BCUT2D eigenvalue weighted by molar-refractivity contribution is 5.77. The molecular weight excluding hydrogens is 192 g/mol. The first-order valence-corrected chi connectivity index (χ1v) is 5.88. The maximum Gasteiger partial charge on any atom is 0.323 e. The second-order valence-corrected chi connectivity index (χ2v) is 4.63. The van der Waals surface area contributed by atoms with E-state index in [4.69, 9.17) is 10.5 Å². The highest BCUT2D eigenvalue weighted by Crippen LogP contribution is 2.25. The van der Waals surface area contributed by atoms with E-state index in [1.165, 1.54) is 12.8 Å². The number of likely N-dealkylation sites (tertiary alicyclic amines) is 1. The van der Waals surface area contributed by atoms with E-state index in [1.807, 2.05) is 6.92 Å². The van der Waals surface area contributed by atoms with Crippen molar-refractivity contribution < 1.29 is 9.53 Å². The van der Waals surface area contributed by atoms with Crippen LogP contribution in [0.15, 0.2) is 0 Å². The van der Waals surface area contributed by atoms with Gasteiger partial charge in [-0.05, 0) is 26.3 Å². The van der Waals surface area contributed by atoms with Gasteiger partial charge in [0, 0.05) is 18.5 Å². The third kappa shape index (κ3) is 2.16. The van der Waals surface area contributed by atoms with Gasteiger partial charge in [-0.15, -0.1) is 0 Å². The highest BCUT2D eigenvalue weighted by Gasteiger charge is 2.38. The van der Waals surface area contributed by atoms with Crippen LogP contribution in [-0.2, 0) is 9.53 Å². The molecule has 15 heavy (non-hydrogen) atoms. The Hall–Kier alpha value is -0.610. The summed E-state index contributed by atoms with van der Waals surface area (Å²) >= 11 is 0. The van der Waals surface area contributed by atoms with Gasteiger partial charge in [-0.1, -0.05) is 6.42 Å². The maximum atomic E-state index is 11.5. The Morgan fingerprint density at radius 3 is 2.87 bits per heavy atom. The SMILES string of the molecule is CC(N)C1CCCCN1C1CCOC1=O. The monoisotopic (exact) mass is 212 g/mol. The fourth-order valence-electron chi connectivity index (χ4n) is 2.72. The van der Waals surface area contributed by atoms with Gasteiger partial charge in [0.1, 0.15) is 6.04 Å². The van der Waals surface area contributed by atoms with Gasteiger partial charge in [0.15, 0.2) is 0 Å². The van der Waals surface area contributed by atoms with E-state index >= 15 is 0 Å². The molecule has 4 nitrogen and oxygen atoms in total. The van der Waals surface area contributed by atoms with Crippen molar-refractivity contribution in [3.63, 3.8) is 0 Å². The Balaban J connectivity index is 2.06. The zero-order chi connectivity index (χ0) is 10.8. The molecule has 2 aliphatic rings. The number of piperidine rings is 1. The average molecular weight is 212 g/mol. The topological polar surface area (TPSA) is 55.6 Å². The molecule has 2 N–H and O–H groups in total. The van der Waals surface area contributed by atoms with E-state index in [9.17, 15) is 4.79 Å². The number of esters is 1. The molecule has 0 aliphatic carbocycles. The molecule has 3 atom stereocenters. The van der Waals surface area contributed by atoms with Crippen molar-refractivity contribution >= 4 is 5.97 Å². The number of ether oxygens (including phenoxy) is 1. The van der Waals surface area contributed by atoms with Gasteiger partial charge in [0.05, 0.1) is 6.61 Å². The Morgan fingerprint density at radius 1 is 1.47 bits per heavy atom. The first kappa shape index (κ1) is 10.9. The summed E-state index contributed by atoms with van der Waals surface area (Å²) in [5.41, 5.74) is 5.98. The van der Waals surface area contributed by atoms with Crippen molar-refractivity contribution in [2.24, 2.45) is 5.73 Å². The summed E-state index contributed by atoms with van der Waals surface area (Å²) in [6.45, 7) is 3.60. The standard InChI is InChI=1S/C11H20N2O2/c1-8(12)9-4-2-3-6-13(9)10-5-7-15-11(10)14/h8-10H,2-7,12H2,1H3. The van der Waals surface area contributed by atoms with E-state index < -0.39 is 0 Å². The van der Waals surface area contributed by atoms with Crippen LogP contribution in [0.25, 0.3) is 0 Å². The van der Waals surface area contributed by atoms with Gasteiger partial charge in [0.25, 0.3) is 0 Å². The molecular formula is C11H20N2O2. The fraction of sp³-hybridized carbons (Fsp3) is 0.909. The minimum atomic E-state index is -0.0532. The fourth-order valence-corrected chi connectivity index (χ4v) is 2.72. The molecule has 2 saturated heterocycles. The van der Waals surface area contributed by atoms with Crippen LogP contribution in [0.4, 0.5) is 0 Å². The summed E-state index contributed by atoms with van der Waals surface area (Å²) in [6, 6.07) is 0.467. The van der Waals surface area contributed by atoms with Crippen molar-refractivity contribution in [1.29, 1.82) is 0 Å². The van der Waals surface area contributed by atoms with Crippen LogP contribution in [0.5, 0.6) is 0 Å². The number of hydrogen-bond acceptors (Lipinski definition) is 4. The molecule has 0 aromatic heterocycles. The number of hydrogen-bond donors (Lipinski definition) is 1. The molecule has 0 aromatic rings. The van der Waals surface area contributed by atoms with Crippen molar-refractivity contribution in [3.05, 3.63) is 0 Å². The van der Waals surface area contributed by atoms with Crippen molar-refractivity contribution in [1.82, 2.24) is 4.90 Å². The first-order chi connectivity index (χ1) is 7.20.